The van der Waals surface area contributed by atoms with Gasteiger partial charge in [-0.05, 0) is 30.5 Å². The van der Waals surface area contributed by atoms with Gasteiger partial charge in [-0.3, -0.25) is 4.79 Å². The number of carboxylic acid groups (broad SMARTS) is 1. The second kappa shape index (κ2) is 7.64. The highest BCUT2D eigenvalue weighted by molar-refractivity contribution is 5.89. The molecule has 1 saturated heterocycles. The predicted molar refractivity (Wildman–Crippen MR) is 78.3 cm³/mol. The van der Waals surface area contributed by atoms with Crippen molar-refractivity contribution in [3.05, 3.63) is 29.8 Å². The first-order valence-corrected chi connectivity index (χ1v) is 7.07. The molecule has 0 aliphatic carbocycles. The van der Waals surface area contributed by atoms with E-state index in [1.807, 2.05) is 6.07 Å². The Labute approximate surface area is 123 Å². The molecule has 1 atom stereocenters. The third kappa shape index (κ3) is 5.43. The fourth-order valence-corrected chi connectivity index (χ4v) is 2.21. The number of hydrogen-bond acceptors (Lipinski definition) is 3. The number of anilines is 1. The van der Waals surface area contributed by atoms with E-state index in [0.29, 0.717) is 31.2 Å². The third-order valence-corrected chi connectivity index (χ3v) is 3.39. The third-order valence-electron chi connectivity index (χ3n) is 3.39. The first-order chi connectivity index (χ1) is 10.1. The Hall–Kier alpha value is -2.08. The molecule has 21 heavy (non-hydrogen) atoms. The average Bonchev–Trinajstić information content (AvgIpc) is 2.97. The molecule has 2 rings (SSSR count). The maximum Gasteiger partial charge on any atom is 0.319 e. The smallest absolute Gasteiger partial charge is 0.319 e. The minimum absolute atomic E-state index is 0.0807. The van der Waals surface area contributed by atoms with E-state index >= 15 is 0 Å². The van der Waals surface area contributed by atoms with E-state index in [0.717, 1.165) is 18.6 Å². The fourth-order valence-electron chi connectivity index (χ4n) is 2.21. The van der Waals surface area contributed by atoms with E-state index < -0.39 is 5.97 Å². The maximum absolute atomic E-state index is 11.8. The summed E-state index contributed by atoms with van der Waals surface area (Å²) in [6.07, 6.45) is 1.51. The summed E-state index contributed by atoms with van der Waals surface area (Å²) < 4.78 is 5.25. The Morgan fingerprint density at radius 3 is 2.95 bits per heavy atom. The summed E-state index contributed by atoms with van der Waals surface area (Å²) in [4.78, 5) is 22.3. The van der Waals surface area contributed by atoms with Crippen LogP contribution in [0.4, 0.5) is 10.5 Å². The van der Waals surface area contributed by atoms with Crippen LogP contribution in [0.3, 0.4) is 0 Å². The van der Waals surface area contributed by atoms with Crippen molar-refractivity contribution in [3.8, 4) is 0 Å². The summed E-state index contributed by atoms with van der Waals surface area (Å²) >= 11 is 0. The van der Waals surface area contributed by atoms with Gasteiger partial charge in [0, 0.05) is 31.2 Å². The standard InChI is InChI=1S/C15H20N2O4/c18-14(19)5-4-11-2-1-3-13(8-11)17-15(20)16-9-12-6-7-21-10-12/h1-3,8,12H,4-7,9-10H2,(H,18,19)(H2,16,17,20). The van der Waals surface area contributed by atoms with Gasteiger partial charge in [-0.25, -0.2) is 4.79 Å². The van der Waals surface area contributed by atoms with Crippen LogP contribution in [0.1, 0.15) is 18.4 Å². The molecule has 0 bridgehead atoms. The van der Waals surface area contributed by atoms with Gasteiger partial charge < -0.3 is 20.5 Å². The summed E-state index contributed by atoms with van der Waals surface area (Å²) in [7, 11) is 0. The van der Waals surface area contributed by atoms with E-state index in [9.17, 15) is 9.59 Å². The molecule has 0 spiro atoms. The van der Waals surface area contributed by atoms with Gasteiger partial charge in [-0.15, -0.1) is 0 Å². The number of urea groups is 1. The Kier molecular flexibility index (Phi) is 5.57. The van der Waals surface area contributed by atoms with Crippen molar-refractivity contribution in [2.24, 2.45) is 5.92 Å². The highest BCUT2D eigenvalue weighted by atomic mass is 16.5. The van der Waals surface area contributed by atoms with Crippen molar-refractivity contribution in [1.82, 2.24) is 5.32 Å². The van der Waals surface area contributed by atoms with Crippen LogP contribution < -0.4 is 10.6 Å². The molecule has 0 aromatic heterocycles. The zero-order valence-electron chi connectivity index (χ0n) is 11.8. The topological polar surface area (TPSA) is 87.7 Å². The Morgan fingerprint density at radius 1 is 1.38 bits per heavy atom. The molecule has 3 N–H and O–H groups in total. The lowest BCUT2D eigenvalue weighted by Gasteiger charge is -2.11. The van der Waals surface area contributed by atoms with Gasteiger partial charge in [0.15, 0.2) is 0 Å². The van der Waals surface area contributed by atoms with Crippen LogP contribution in [-0.2, 0) is 16.0 Å². The molecule has 1 aliphatic rings. The van der Waals surface area contributed by atoms with Crippen molar-refractivity contribution >= 4 is 17.7 Å². The van der Waals surface area contributed by atoms with E-state index in [1.54, 1.807) is 18.2 Å². The van der Waals surface area contributed by atoms with Gasteiger partial charge in [0.1, 0.15) is 0 Å². The minimum atomic E-state index is -0.829. The quantitative estimate of drug-likeness (QED) is 0.747. The highest BCUT2D eigenvalue weighted by Crippen LogP contribution is 2.13. The largest absolute Gasteiger partial charge is 0.481 e. The highest BCUT2D eigenvalue weighted by Gasteiger charge is 2.16. The number of ether oxygens (including phenoxy) is 1. The predicted octanol–water partition coefficient (Wildman–Crippen LogP) is 1.86. The number of carboxylic acids is 1. The summed E-state index contributed by atoms with van der Waals surface area (Å²) in [6.45, 7) is 2.06. The Morgan fingerprint density at radius 2 is 2.24 bits per heavy atom. The average molecular weight is 292 g/mol. The molecule has 6 nitrogen and oxygen atoms in total. The van der Waals surface area contributed by atoms with Crippen LogP contribution in [0.2, 0.25) is 0 Å². The molecule has 1 unspecified atom stereocenters. The van der Waals surface area contributed by atoms with Crippen LogP contribution >= 0.6 is 0 Å². The minimum Gasteiger partial charge on any atom is -0.481 e. The molecule has 0 saturated carbocycles. The SMILES string of the molecule is O=C(O)CCc1cccc(NC(=O)NCC2CCOC2)c1. The molecule has 1 aromatic rings. The van der Waals surface area contributed by atoms with Crippen molar-refractivity contribution in [3.63, 3.8) is 0 Å². The zero-order valence-corrected chi connectivity index (χ0v) is 11.8. The molecular formula is C15H20N2O4. The number of hydrogen-bond donors (Lipinski definition) is 3. The molecule has 6 heteroatoms. The lowest BCUT2D eigenvalue weighted by molar-refractivity contribution is -0.136. The molecule has 114 valence electrons. The number of aryl methyl sites for hydroxylation is 1. The second-order valence-corrected chi connectivity index (χ2v) is 5.16. The van der Waals surface area contributed by atoms with Gasteiger partial charge in [0.25, 0.3) is 0 Å². The first kappa shape index (κ1) is 15.3. The van der Waals surface area contributed by atoms with Gasteiger partial charge in [-0.2, -0.15) is 0 Å². The number of rotatable bonds is 6. The van der Waals surface area contributed by atoms with E-state index in [4.69, 9.17) is 9.84 Å². The molecule has 1 fully saturated rings. The number of nitrogens with one attached hydrogen (secondary N) is 2. The number of benzene rings is 1. The first-order valence-electron chi connectivity index (χ1n) is 7.07. The van der Waals surface area contributed by atoms with Crippen molar-refractivity contribution < 1.29 is 19.4 Å². The summed E-state index contributed by atoms with van der Waals surface area (Å²) in [5.41, 5.74) is 1.55. The van der Waals surface area contributed by atoms with E-state index in [1.165, 1.54) is 0 Å². The lowest BCUT2D eigenvalue weighted by atomic mass is 10.1. The number of amides is 2. The van der Waals surface area contributed by atoms with Crippen molar-refractivity contribution in [2.45, 2.75) is 19.3 Å². The van der Waals surface area contributed by atoms with Gasteiger partial charge in [0.05, 0.1) is 6.61 Å². The van der Waals surface area contributed by atoms with Gasteiger partial charge in [0.2, 0.25) is 0 Å². The summed E-state index contributed by atoms with van der Waals surface area (Å²) in [5, 5.41) is 14.2. The number of carbonyl (C=O) groups is 2. The monoisotopic (exact) mass is 292 g/mol. The number of aliphatic carboxylic acids is 1. The maximum atomic E-state index is 11.8. The van der Waals surface area contributed by atoms with Crippen LogP contribution in [-0.4, -0.2) is 36.9 Å². The Bertz CT molecular complexity index is 498. The molecule has 0 radical (unpaired) electrons. The summed E-state index contributed by atoms with van der Waals surface area (Å²) in [5.74, 6) is -0.442. The molecular weight excluding hydrogens is 272 g/mol. The normalized spacial score (nSPS) is 17.4. The van der Waals surface area contributed by atoms with Crippen molar-refractivity contribution in [2.75, 3.05) is 25.1 Å². The fraction of sp³-hybridized carbons (Fsp3) is 0.467. The van der Waals surface area contributed by atoms with Crippen molar-refractivity contribution in [1.29, 1.82) is 0 Å². The summed E-state index contributed by atoms with van der Waals surface area (Å²) in [6, 6.07) is 6.97. The Balaban J connectivity index is 1.79. The van der Waals surface area contributed by atoms with E-state index in [2.05, 4.69) is 10.6 Å². The molecule has 1 heterocycles. The van der Waals surface area contributed by atoms with Gasteiger partial charge in [-0.1, -0.05) is 12.1 Å². The molecule has 1 aliphatic heterocycles. The molecule has 1 aromatic carbocycles. The van der Waals surface area contributed by atoms with Gasteiger partial charge >= 0.3 is 12.0 Å². The van der Waals surface area contributed by atoms with Crippen LogP contribution in [0.5, 0.6) is 0 Å². The van der Waals surface area contributed by atoms with Crippen LogP contribution in [0, 0.1) is 5.92 Å². The lowest BCUT2D eigenvalue weighted by Crippen LogP contribution is -2.33. The van der Waals surface area contributed by atoms with E-state index in [-0.39, 0.29) is 12.5 Å². The molecule has 2 amide bonds. The zero-order chi connectivity index (χ0) is 15.1. The van der Waals surface area contributed by atoms with Crippen LogP contribution in [0.15, 0.2) is 24.3 Å². The van der Waals surface area contributed by atoms with Crippen LogP contribution in [0.25, 0.3) is 0 Å². The second-order valence-electron chi connectivity index (χ2n) is 5.16. The number of carbonyl (C=O) groups excluding carboxylic acids is 1.